The Morgan fingerprint density at radius 2 is 1.76 bits per heavy atom. The van der Waals surface area contributed by atoms with Gasteiger partial charge in [-0.25, -0.2) is 0 Å². The number of benzene rings is 2. The highest BCUT2D eigenvalue weighted by molar-refractivity contribution is 5.92. The Hall–Kier alpha value is -1.87. The maximum Gasteiger partial charge on any atom is 0.239 e. The summed E-state index contributed by atoms with van der Waals surface area (Å²) in [5.74, 6) is -0.295. The minimum absolute atomic E-state index is 0.295. The lowest BCUT2D eigenvalue weighted by molar-refractivity contribution is -0.120. The predicted molar refractivity (Wildman–Crippen MR) is 85.9 cm³/mol. The molecular formula is C18H22N2O. The number of rotatable bonds is 4. The van der Waals surface area contributed by atoms with Crippen LogP contribution in [0.4, 0.5) is 0 Å². The monoisotopic (exact) mass is 282 g/mol. The fourth-order valence-electron chi connectivity index (χ4n) is 3.33. The molecule has 2 aromatic rings. The number of hydrogen-bond acceptors (Lipinski definition) is 2. The lowest BCUT2D eigenvalue weighted by Crippen LogP contribution is -2.41. The van der Waals surface area contributed by atoms with E-state index in [1.54, 1.807) is 0 Å². The van der Waals surface area contributed by atoms with Crippen LogP contribution in [0.15, 0.2) is 42.5 Å². The third-order valence-electron chi connectivity index (χ3n) is 4.43. The lowest BCUT2D eigenvalue weighted by atomic mass is 9.92. The molecule has 0 radical (unpaired) electrons. The van der Waals surface area contributed by atoms with Gasteiger partial charge in [0.1, 0.15) is 6.04 Å². The van der Waals surface area contributed by atoms with Crippen molar-refractivity contribution in [3.05, 3.63) is 48.0 Å². The number of carbonyl (C=O) groups excluding carboxylic acids is 1. The van der Waals surface area contributed by atoms with Crippen molar-refractivity contribution < 1.29 is 4.79 Å². The molecule has 1 atom stereocenters. The number of hydrogen-bond donors (Lipinski definition) is 2. The fraction of sp³-hybridized carbons (Fsp3) is 0.389. The molecule has 0 bridgehead atoms. The lowest BCUT2D eigenvalue weighted by Gasteiger charge is -2.27. The van der Waals surface area contributed by atoms with Crippen LogP contribution in [-0.4, -0.2) is 11.9 Å². The van der Waals surface area contributed by atoms with E-state index in [0.717, 1.165) is 29.2 Å². The van der Waals surface area contributed by atoms with Gasteiger partial charge in [0.15, 0.2) is 0 Å². The number of nitrogens with one attached hydrogen (secondary N) is 1. The molecule has 3 heteroatoms. The van der Waals surface area contributed by atoms with Crippen LogP contribution in [0.1, 0.15) is 43.7 Å². The van der Waals surface area contributed by atoms with Crippen LogP contribution < -0.4 is 11.1 Å². The Balaban J connectivity index is 1.93. The summed E-state index contributed by atoms with van der Waals surface area (Å²) in [6.45, 7) is 0. The second-order valence-corrected chi connectivity index (χ2v) is 5.91. The molecule has 3 rings (SSSR count). The quantitative estimate of drug-likeness (QED) is 0.904. The van der Waals surface area contributed by atoms with E-state index in [4.69, 9.17) is 5.73 Å². The molecule has 0 heterocycles. The second-order valence-electron chi connectivity index (χ2n) is 5.91. The first-order valence-corrected chi connectivity index (χ1v) is 7.79. The summed E-state index contributed by atoms with van der Waals surface area (Å²) in [4.78, 5) is 12.0. The van der Waals surface area contributed by atoms with E-state index in [0.29, 0.717) is 6.04 Å². The summed E-state index contributed by atoms with van der Waals surface area (Å²) >= 11 is 0. The maximum atomic E-state index is 12.0. The van der Waals surface area contributed by atoms with Gasteiger partial charge < -0.3 is 5.73 Å². The van der Waals surface area contributed by atoms with E-state index in [2.05, 4.69) is 23.5 Å². The molecule has 1 unspecified atom stereocenters. The van der Waals surface area contributed by atoms with Crippen molar-refractivity contribution >= 4 is 16.7 Å². The van der Waals surface area contributed by atoms with Crippen molar-refractivity contribution in [3.8, 4) is 0 Å². The van der Waals surface area contributed by atoms with Gasteiger partial charge in [-0.2, -0.15) is 0 Å². The van der Waals surface area contributed by atoms with E-state index in [-0.39, 0.29) is 5.91 Å². The van der Waals surface area contributed by atoms with Gasteiger partial charge in [-0.1, -0.05) is 61.7 Å². The van der Waals surface area contributed by atoms with Gasteiger partial charge >= 0.3 is 0 Å². The minimum atomic E-state index is -0.404. The first-order chi connectivity index (χ1) is 10.3. The van der Waals surface area contributed by atoms with E-state index in [1.807, 2.05) is 24.3 Å². The van der Waals surface area contributed by atoms with Gasteiger partial charge in [-0.3, -0.25) is 10.1 Å². The number of fused-ring (bicyclic) bond motifs is 1. The summed E-state index contributed by atoms with van der Waals surface area (Å²) < 4.78 is 0. The second kappa shape index (κ2) is 6.27. The Bertz CT molecular complexity index is 627. The third-order valence-corrected chi connectivity index (χ3v) is 4.43. The molecule has 0 aromatic heterocycles. The Labute approximate surface area is 125 Å². The number of primary amides is 1. The number of amides is 1. The van der Waals surface area contributed by atoms with Gasteiger partial charge in [-0.05, 0) is 29.2 Å². The van der Waals surface area contributed by atoms with Crippen LogP contribution in [0.3, 0.4) is 0 Å². The van der Waals surface area contributed by atoms with Crippen molar-refractivity contribution in [2.75, 3.05) is 0 Å². The van der Waals surface area contributed by atoms with Crippen molar-refractivity contribution in [1.82, 2.24) is 5.32 Å². The van der Waals surface area contributed by atoms with Crippen LogP contribution in [0, 0.1) is 0 Å². The fourth-order valence-corrected chi connectivity index (χ4v) is 3.33. The molecule has 21 heavy (non-hydrogen) atoms. The van der Waals surface area contributed by atoms with Gasteiger partial charge in [0.2, 0.25) is 5.91 Å². The summed E-state index contributed by atoms with van der Waals surface area (Å²) in [6, 6.07) is 14.2. The van der Waals surface area contributed by atoms with Crippen molar-refractivity contribution in [1.29, 1.82) is 0 Å². The summed E-state index contributed by atoms with van der Waals surface area (Å²) in [5.41, 5.74) is 6.67. The average Bonchev–Trinajstić information content (AvgIpc) is 2.53. The molecule has 3 nitrogen and oxygen atoms in total. The highest BCUT2D eigenvalue weighted by atomic mass is 16.1. The third kappa shape index (κ3) is 3.08. The van der Waals surface area contributed by atoms with Gasteiger partial charge in [0.05, 0.1) is 0 Å². The highest BCUT2D eigenvalue weighted by Gasteiger charge is 2.24. The first-order valence-electron chi connectivity index (χ1n) is 7.79. The Morgan fingerprint density at radius 1 is 1.05 bits per heavy atom. The van der Waals surface area contributed by atoms with Crippen LogP contribution in [0.5, 0.6) is 0 Å². The summed E-state index contributed by atoms with van der Waals surface area (Å²) in [6.07, 6.45) is 6.04. The van der Waals surface area contributed by atoms with Crippen LogP contribution in [-0.2, 0) is 4.79 Å². The number of nitrogens with two attached hydrogens (primary N) is 1. The van der Waals surface area contributed by atoms with E-state index in [9.17, 15) is 4.79 Å². The normalized spacial score (nSPS) is 17.7. The van der Waals surface area contributed by atoms with Crippen molar-refractivity contribution in [3.63, 3.8) is 0 Å². The summed E-state index contributed by atoms with van der Waals surface area (Å²) in [7, 11) is 0. The van der Waals surface area contributed by atoms with E-state index >= 15 is 0 Å². The Morgan fingerprint density at radius 3 is 2.52 bits per heavy atom. The predicted octanol–water partition coefficient (Wildman–Crippen LogP) is 3.29. The van der Waals surface area contributed by atoms with Gasteiger partial charge in [0, 0.05) is 6.04 Å². The average molecular weight is 282 g/mol. The van der Waals surface area contributed by atoms with E-state index < -0.39 is 6.04 Å². The Kier molecular flexibility index (Phi) is 4.20. The van der Waals surface area contributed by atoms with Crippen LogP contribution in [0.25, 0.3) is 10.8 Å². The molecule has 0 aliphatic heterocycles. The first kappa shape index (κ1) is 14.1. The van der Waals surface area contributed by atoms with Crippen LogP contribution >= 0.6 is 0 Å². The molecule has 0 spiro atoms. The number of carbonyl (C=O) groups is 1. The van der Waals surface area contributed by atoms with Crippen molar-refractivity contribution in [2.45, 2.75) is 44.2 Å². The zero-order valence-corrected chi connectivity index (χ0v) is 12.2. The molecule has 2 aromatic carbocycles. The zero-order chi connectivity index (χ0) is 14.7. The molecule has 1 saturated carbocycles. The molecule has 3 N–H and O–H groups in total. The standard InChI is InChI=1S/C18H22N2O/c19-18(21)17(20-14-9-2-1-3-10-14)16-12-6-8-13-7-4-5-11-15(13)16/h4-8,11-12,14,17,20H,1-3,9-10H2,(H2,19,21). The maximum absolute atomic E-state index is 12.0. The molecule has 1 amide bonds. The minimum Gasteiger partial charge on any atom is -0.368 e. The smallest absolute Gasteiger partial charge is 0.239 e. The largest absolute Gasteiger partial charge is 0.368 e. The summed E-state index contributed by atoms with van der Waals surface area (Å²) in [5, 5.41) is 5.74. The highest BCUT2D eigenvalue weighted by Crippen LogP contribution is 2.26. The molecule has 0 saturated heterocycles. The van der Waals surface area contributed by atoms with Gasteiger partial charge in [-0.15, -0.1) is 0 Å². The van der Waals surface area contributed by atoms with Crippen molar-refractivity contribution in [2.24, 2.45) is 5.73 Å². The molecular weight excluding hydrogens is 260 g/mol. The van der Waals surface area contributed by atoms with Crippen LogP contribution in [0.2, 0.25) is 0 Å². The SMILES string of the molecule is NC(=O)C(NC1CCCCC1)c1cccc2ccccc12. The topological polar surface area (TPSA) is 55.1 Å². The zero-order valence-electron chi connectivity index (χ0n) is 12.2. The molecule has 110 valence electrons. The molecule has 1 aliphatic carbocycles. The molecule has 1 aliphatic rings. The van der Waals surface area contributed by atoms with Gasteiger partial charge in [0.25, 0.3) is 0 Å². The van der Waals surface area contributed by atoms with E-state index in [1.165, 1.54) is 19.3 Å². The molecule has 1 fully saturated rings.